The molecule has 0 spiro atoms. The topological polar surface area (TPSA) is 91.4 Å². The number of nitrogens with zero attached hydrogens (tertiary/aromatic N) is 3. The van der Waals surface area contributed by atoms with Crippen LogP contribution in [0.1, 0.15) is 26.7 Å². The molecule has 0 aromatic heterocycles. The maximum Gasteiger partial charge on any atom is 0.251 e. The van der Waals surface area contributed by atoms with Crippen molar-refractivity contribution in [3.63, 3.8) is 0 Å². The van der Waals surface area contributed by atoms with Crippen LogP contribution in [0.25, 0.3) is 0 Å². The number of hydrogen-bond donors (Lipinski definition) is 2. The summed E-state index contributed by atoms with van der Waals surface area (Å²) in [5.41, 5.74) is 5.61. The molecule has 0 saturated carbocycles. The van der Waals surface area contributed by atoms with Crippen LogP contribution in [-0.2, 0) is 9.53 Å². The molecule has 2 rings (SSSR count). The maximum absolute atomic E-state index is 12.3. The summed E-state index contributed by atoms with van der Waals surface area (Å²) in [5, 5.41) is 11.7. The van der Waals surface area contributed by atoms with Gasteiger partial charge in [0.15, 0.2) is 5.84 Å². The zero-order valence-corrected chi connectivity index (χ0v) is 12.2. The molecule has 2 aliphatic rings. The molecule has 0 radical (unpaired) electrons. The Morgan fingerprint density at radius 1 is 1.35 bits per heavy atom. The molecule has 3 N–H and O–H groups in total. The number of nitrogens with two attached hydrogens (primary N) is 1. The number of rotatable bonds is 3. The summed E-state index contributed by atoms with van der Waals surface area (Å²) in [4.78, 5) is 16.3. The predicted molar refractivity (Wildman–Crippen MR) is 74.6 cm³/mol. The van der Waals surface area contributed by atoms with Crippen molar-refractivity contribution in [2.75, 3.05) is 26.2 Å². The second-order valence-corrected chi connectivity index (χ2v) is 5.57. The molecule has 1 amide bonds. The smallest absolute Gasteiger partial charge is 0.251 e. The van der Waals surface area contributed by atoms with Gasteiger partial charge in [-0.15, -0.1) is 0 Å². The van der Waals surface area contributed by atoms with Gasteiger partial charge in [0.1, 0.15) is 6.10 Å². The number of oxime groups is 1. The Labute approximate surface area is 119 Å². The lowest BCUT2D eigenvalue weighted by atomic mass is 10.1. The molecule has 2 heterocycles. The standard InChI is InChI=1S/C13H24N4O3/c1-9-3-4-11(20-9)13(18)17-7-5-16(6-8-17)10(2)12(14)15-19/h9-11,19H,3-8H2,1-2H3,(H2,14,15). The highest BCUT2D eigenvalue weighted by molar-refractivity contribution is 5.85. The number of amidine groups is 1. The minimum absolute atomic E-state index is 0.102. The Balaban J connectivity index is 1.83. The van der Waals surface area contributed by atoms with Gasteiger partial charge in [0.25, 0.3) is 5.91 Å². The Morgan fingerprint density at radius 3 is 2.50 bits per heavy atom. The van der Waals surface area contributed by atoms with Crippen LogP contribution in [0.2, 0.25) is 0 Å². The first-order valence-electron chi connectivity index (χ1n) is 7.18. The molecule has 3 unspecified atom stereocenters. The third kappa shape index (κ3) is 3.21. The minimum Gasteiger partial charge on any atom is -0.409 e. The fraction of sp³-hybridized carbons (Fsp3) is 0.846. The van der Waals surface area contributed by atoms with E-state index in [0.717, 1.165) is 25.9 Å². The summed E-state index contributed by atoms with van der Waals surface area (Å²) in [6, 6.07) is -0.111. The van der Waals surface area contributed by atoms with Gasteiger partial charge in [-0.1, -0.05) is 5.16 Å². The number of ether oxygens (including phenoxy) is 1. The van der Waals surface area contributed by atoms with Crippen molar-refractivity contribution in [3.8, 4) is 0 Å². The van der Waals surface area contributed by atoms with Crippen LogP contribution < -0.4 is 5.73 Å². The van der Waals surface area contributed by atoms with Gasteiger partial charge in [0, 0.05) is 26.2 Å². The van der Waals surface area contributed by atoms with Gasteiger partial charge in [0.05, 0.1) is 12.1 Å². The molecule has 7 nitrogen and oxygen atoms in total. The Hall–Kier alpha value is -1.34. The molecular weight excluding hydrogens is 260 g/mol. The predicted octanol–water partition coefficient (Wildman–Crippen LogP) is -0.167. The van der Waals surface area contributed by atoms with Gasteiger partial charge in [-0.3, -0.25) is 9.69 Å². The average molecular weight is 284 g/mol. The van der Waals surface area contributed by atoms with E-state index in [-0.39, 0.29) is 30.0 Å². The number of carbonyl (C=O) groups is 1. The van der Waals surface area contributed by atoms with Gasteiger partial charge in [-0.2, -0.15) is 0 Å². The fourth-order valence-electron chi connectivity index (χ4n) is 2.79. The highest BCUT2D eigenvalue weighted by Crippen LogP contribution is 2.21. The number of hydrogen-bond acceptors (Lipinski definition) is 5. The first-order valence-corrected chi connectivity index (χ1v) is 7.18. The molecule has 20 heavy (non-hydrogen) atoms. The lowest BCUT2D eigenvalue weighted by molar-refractivity contribution is -0.144. The molecule has 0 bridgehead atoms. The average Bonchev–Trinajstić information content (AvgIpc) is 2.91. The summed E-state index contributed by atoms with van der Waals surface area (Å²) in [7, 11) is 0. The van der Waals surface area contributed by atoms with E-state index in [1.165, 1.54) is 0 Å². The normalized spacial score (nSPS) is 30.5. The van der Waals surface area contributed by atoms with E-state index < -0.39 is 0 Å². The molecule has 114 valence electrons. The first kappa shape index (κ1) is 15.1. The van der Waals surface area contributed by atoms with E-state index in [4.69, 9.17) is 15.7 Å². The molecule has 3 atom stereocenters. The second kappa shape index (κ2) is 6.41. The number of carbonyl (C=O) groups excluding carboxylic acids is 1. The maximum atomic E-state index is 12.3. The second-order valence-electron chi connectivity index (χ2n) is 5.57. The molecule has 2 aliphatic heterocycles. The summed E-state index contributed by atoms with van der Waals surface area (Å²) in [6.45, 7) is 6.68. The van der Waals surface area contributed by atoms with Crippen molar-refractivity contribution in [2.45, 2.75) is 44.9 Å². The minimum atomic E-state index is -0.266. The highest BCUT2D eigenvalue weighted by atomic mass is 16.5. The third-order valence-corrected chi connectivity index (χ3v) is 4.22. The summed E-state index contributed by atoms with van der Waals surface area (Å²) >= 11 is 0. The van der Waals surface area contributed by atoms with Gasteiger partial charge in [0.2, 0.25) is 0 Å². The lowest BCUT2D eigenvalue weighted by Crippen LogP contribution is -2.55. The number of piperazine rings is 1. The SMILES string of the molecule is CC1CCC(C(=O)N2CCN(C(C)C(N)=NO)CC2)O1. The molecule has 0 aromatic carbocycles. The summed E-state index contributed by atoms with van der Waals surface area (Å²) in [5.74, 6) is 0.308. The van der Waals surface area contributed by atoms with Crippen LogP contribution >= 0.6 is 0 Å². The van der Waals surface area contributed by atoms with Crippen molar-refractivity contribution < 1.29 is 14.7 Å². The van der Waals surface area contributed by atoms with Crippen LogP contribution in [0.4, 0.5) is 0 Å². The number of amides is 1. The quantitative estimate of drug-likeness (QED) is 0.325. The molecule has 0 aliphatic carbocycles. The van der Waals surface area contributed by atoms with E-state index in [9.17, 15) is 4.79 Å². The monoisotopic (exact) mass is 284 g/mol. The molecule has 7 heteroatoms. The van der Waals surface area contributed by atoms with E-state index in [1.54, 1.807) is 0 Å². The van der Waals surface area contributed by atoms with E-state index >= 15 is 0 Å². The largest absolute Gasteiger partial charge is 0.409 e. The van der Waals surface area contributed by atoms with Crippen molar-refractivity contribution in [2.24, 2.45) is 10.9 Å². The van der Waals surface area contributed by atoms with Crippen molar-refractivity contribution in [1.82, 2.24) is 9.80 Å². The lowest BCUT2D eigenvalue weighted by Gasteiger charge is -2.38. The van der Waals surface area contributed by atoms with Crippen LogP contribution in [0, 0.1) is 0 Å². The van der Waals surface area contributed by atoms with Crippen LogP contribution in [0.3, 0.4) is 0 Å². The van der Waals surface area contributed by atoms with Crippen molar-refractivity contribution in [3.05, 3.63) is 0 Å². The van der Waals surface area contributed by atoms with Crippen molar-refractivity contribution in [1.29, 1.82) is 0 Å². The molecule has 0 aromatic rings. The zero-order valence-electron chi connectivity index (χ0n) is 12.2. The van der Waals surface area contributed by atoms with Crippen LogP contribution in [0.15, 0.2) is 5.16 Å². The Bertz CT molecular complexity index is 380. The molecule has 2 saturated heterocycles. The van der Waals surface area contributed by atoms with Crippen LogP contribution in [0.5, 0.6) is 0 Å². The van der Waals surface area contributed by atoms with E-state index in [2.05, 4.69) is 10.1 Å². The van der Waals surface area contributed by atoms with Crippen molar-refractivity contribution >= 4 is 11.7 Å². The van der Waals surface area contributed by atoms with E-state index in [1.807, 2.05) is 18.7 Å². The molecule has 2 fully saturated rings. The third-order valence-electron chi connectivity index (χ3n) is 4.22. The Morgan fingerprint density at radius 2 is 2.00 bits per heavy atom. The fourth-order valence-corrected chi connectivity index (χ4v) is 2.79. The van der Waals surface area contributed by atoms with Gasteiger partial charge in [-0.25, -0.2) is 0 Å². The van der Waals surface area contributed by atoms with Crippen LogP contribution in [-0.4, -0.2) is 71.2 Å². The first-order chi connectivity index (χ1) is 9.52. The molecular formula is C13H24N4O3. The highest BCUT2D eigenvalue weighted by Gasteiger charge is 2.33. The Kier molecular flexibility index (Phi) is 4.82. The van der Waals surface area contributed by atoms with E-state index in [0.29, 0.717) is 13.1 Å². The van der Waals surface area contributed by atoms with Gasteiger partial charge in [-0.05, 0) is 26.7 Å². The summed E-state index contributed by atoms with van der Waals surface area (Å²) < 4.78 is 5.63. The zero-order chi connectivity index (χ0) is 14.7. The van der Waals surface area contributed by atoms with Gasteiger partial charge >= 0.3 is 0 Å². The summed E-state index contributed by atoms with van der Waals surface area (Å²) in [6.07, 6.45) is 1.70. The van der Waals surface area contributed by atoms with Gasteiger partial charge < -0.3 is 20.6 Å².